The van der Waals surface area contributed by atoms with Crippen molar-refractivity contribution < 1.29 is 14.3 Å². The fourth-order valence-corrected chi connectivity index (χ4v) is 2.89. The first-order chi connectivity index (χ1) is 13.6. The van der Waals surface area contributed by atoms with E-state index >= 15 is 0 Å². The number of nitrogens with zero attached hydrogens (tertiary/aromatic N) is 2. The van der Waals surface area contributed by atoms with Gasteiger partial charge in [0.15, 0.2) is 0 Å². The Morgan fingerprint density at radius 1 is 1.14 bits per heavy atom. The van der Waals surface area contributed by atoms with Gasteiger partial charge in [0.25, 0.3) is 5.91 Å². The molecular formula is C21H17N3O4. The predicted octanol–water partition coefficient (Wildman–Crippen LogP) is 2.44. The minimum Gasteiger partial charge on any atom is -0.422 e. The molecule has 0 saturated carbocycles. The smallest absolute Gasteiger partial charge is 0.349 e. The summed E-state index contributed by atoms with van der Waals surface area (Å²) in [5, 5.41) is 17.7. The second kappa shape index (κ2) is 7.50. The van der Waals surface area contributed by atoms with Crippen LogP contribution in [0.1, 0.15) is 22.0 Å². The Bertz CT molecular complexity index is 1160. The van der Waals surface area contributed by atoms with Gasteiger partial charge in [-0.3, -0.25) is 4.79 Å². The molecule has 0 aliphatic carbocycles. The number of aromatic nitrogens is 2. The number of aliphatic hydroxyl groups excluding tert-OH is 1. The molecule has 0 fully saturated rings. The maximum atomic E-state index is 12.4. The van der Waals surface area contributed by atoms with Crippen LogP contribution in [0.4, 0.5) is 0 Å². The van der Waals surface area contributed by atoms with Crippen molar-refractivity contribution >= 4 is 16.9 Å². The molecule has 140 valence electrons. The predicted molar refractivity (Wildman–Crippen MR) is 103 cm³/mol. The number of carbonyl (C=O) groups excluding carboxylic acids is 1. The van der Waals surface area contributed by atoms with Gasteiger partial charge in [0.1, 0.15) is 11.1 Å². The number of nitrogens with one attached hydrogen (secondary N) is 1. The Labute approximate surface area is 159 Å². The van der Waals surface area contributed by atoms with E-state index in [1.807, 2.05) is 24.4 Å². The molecule has 0 radical (unpaired) electrons. The SMILES string of the molecule is O=C(NCC(O)c1ccc(-n2cccn2)cc1)c1cc2ccccc2oc1=O. The fourth-order valence-electron chi connectivity index (χ4n) is 2.89. The summed E-state index contributed by atoms with van der Waals surface area (Å²) in [6.07, 6.45) is 2.59. The number of fused-ring (bicyclic) bond motifs is 1. The van der Waals surface area contributed by atoms with Gasteiger partial charge in [0.05, 0.1) is 11.8 Å². The second-order valence-corrected chi connectivity index (χ2v) is 6.25. The molecule has 0 saturated heterocycles. The van der Waals surface area contributed by atoms with Crippen molar-refractivity contribution in [3.05, 3.63) is 94.6 Å². The highest BCUT2D eigenvalue weighted by Gasteiger charge is 2.15. The lowest BCUT2D eigenvalue weighted by molar-refractivity contribution is 0.0913. The van der Waals surface area contributed by atoms with E-state index in [4.69, 9.17) is 4.42 Å². The van der Waals surface area contributed by atoms with Crippen LogP contribution >= 0.6 is 0 Å². The van der Waals surface area contributed by atoms with E-state index < -0.39 is 17.6 Å². The standard InChI is InChI=1S/C21H17N3O4/c25-18(14-6-8-16(9-7-14)24-11-3-10-23-24)13-22-20(26)17-12-15-4-1-2-5-19(15)28-21(17)27/h1-12,18,25H,13H2,(H,22,26). The van der Waals surface area contributed by atoms with E-state index in [0.29, 0.717) is 16.5 Å². The Balaban J connectivity index is 1.44. The minimum atomic E-state index is -0.914. The normalized spacial score (nSPS) is 12.0. The number of amides is 1. The van der Waals surface area contributed by atoms with E-state index in [1.54, 1.807) is 47.3 Å². The van der Waals surface area contributed by atoms with E-state index in [9.17, 15) is 14.7 Å². The van der Waals surface area contributed by atoms with Crippen LogP contribution < -0.4 is 10.9 Å². The Hall–Kier alpha value is -3.71. The Morgan fingerprint density at radius 3 is 2.68 bits per heavy atom. The van der Waals surface area contributed by atoms with Crippen LogP contribution in [-0.4, -0.2) is 27.3 Å². The number of aliphatic hydroxyl groups is 1. The van der Waals surface area contributed by atoms with E-state index in [0.717, 1.165) is 5.69 Å². The maximum absolute atomic E-state index is 12.4. The molecule has 2 N–H and O–H groups in total. The summed E-state index contributed by atoms with van der Waals surface area (Å²) < 4.78 is 6.87. The van der Waals surface area contributed by atoms with Crippen molar-refractivity contribution in [3.8, 4) is 5.69 Å². The summed E-state index contributed by atoms with van der Waals surface area (Å²) in [4.78, 5) is 24.4. The quantitative estimate of drug-likeness (QED) is 0.522. The molecule has 1 amide bonds. The summed E-state index contributed by atoms with van der Waals surface area (Å²) in [5.74, 6) is -0.591. The van der Waals surface area contributed by atoms with Crippen molar-refractivity contribution in [1.29, 1.82) is 0 Å². The van der Waals surface area contributed by atoms with Crippen LogP contribution in [-0.2, 0) is 0 Å². The first-order valence-electron chi connectivity index (χ1n) is 8.71. The molecule has 2 aromatic heterocycles. The van der Waals surface area contributed by atoms with Crippen molar-refractivity contribution in [2.75, 3.05) is 6.54 Å². The Kier molecular flexibility index (Phi) is 4.74. The van der Waals surface area contributed by atoms with Gasteiger partial charge in [-0.2, -0.15) is 5.10 Å². The molecule has 0 aliphatic rings. The van der Waals surface area contributed by atoms with Crippen LogP contribution in [0.5, 0.6) is 0 Å². The summed E-state index contributed by atoms with van der Waals surface area (Å²) in [5.41, 5.74) is 1.11. The monoisotopic (exact) mass is 375 g/mol. The lowest BCUT2D eigenvalue weighted by Gasteiger charge is -2.13. The van der Waals surface area contributed by atoms with Gasteiger partial charge >= 0.3 is 5.63 Å². The third-order valence-corrected chi connectivity index (χ3v) is 4.39. The lowest BCUT2D eigenvalue weighted by atomic mass is 10.1. The average molecular weight is 375 g/mol. The fraction of sp³-hybridized carbons (Fsp3) is 0.0952. The molecule has 0 bridgehead atoms. The largest absolute Gasteiger partial charge is 0.422 e. The summed E-state index contributed by atoms with van der Waals surface area (Å²) in [6.45, 7) is -0.0355. The Morgan fingerprint density at radius 2 is 1.93 bits per heavy atom. The molecule has 28 heavy (non-hydrogen) atoms. The molecule has 1 unspecified atom stereocenters. The number of para-hydroxylation sites is 1. The lowest BCUT2D eigenvalue weighted by Crippen LogP contribution is -2.31. The zero-order valence-electron chi connectivity index (χ0n) is 14.8. The molecule has 1 atom stereocenters. The second-order valence-electron chi connectivity index (χ2n) is 6.25. The van der Waals surface area contributed by atoms with Gasteiger partial charge in [-0.25, -0.2) is 9.48 Å². The molecule has 7 heteroatoms. The maximum Gasteiger partial charge on any atom is 0.349 e. The third kappa shape index (κ3) is 3.56. The molecule has 0 spiro atoms. The number of rotatable bonds is 5. The number of carbonyl (C=O) groups is 1. The van der Waals surface area contributed by atoms with Crippen molar-refractivity contribution in [3.63, 3.8) is 0 Å². The van der Waals surface area contributed by atoms with Crippen molar-refractivity contribution in [2.24, 2.45) is 0 Å². The molecule has 2 aromatic carbocycles. The molecular weight excluding hydrogens is 358 g/mol. The summed E-state index contributed by atoms with van der Waals surface area (Å²) in [6, 6.07) is 17.4. The topological polar surface area (TPSA) is 97.4 Å². The first-order valence-corrected chi connectivity index (χ1v) is 8.71. The highest BCUT2D eigenvalue weighted by Crippen LogP contribution is 2.16. The highest BCUT2D eigenvalue weighted by atomic mass is 16.4. The molecule has 7 nitrogen and oxygen atoms in total. The third-order valence-electron chi connectivity index (χ3n) is 4.39. The van der Waals surface area contributed by atoms with Gasteiger partial charge in [0.2, 0.25) is 0 Å². The van der Waals surface area contributed by atoms with Crippen LogP contribution in [0.2, 0.25) is 0 Å². The number of hydrogen-bond acceptors (Lipinski definition) is 5. The van der Waals surface area contributed by atoms with Crippen LogP contribution in [0.25, 0.3) is 16.7 Å². The van der Waals surface area contributed by atoms with Gasteiger partial charge < -0.3 is 14.8 Å². The van der Waals surface area contributed by atoms with Crippen LogP contribution in [0.15, 0.2) is 82.3 Å². The molecule has 4 aromatic rings. The van der Waals surface area contributed by atoms with E-state index in [1.165, 1.54) is 6.07 Å². The zero-order chi connectivity index (χ0) is 19.5. The van der Waals surface area contributed by atoms with Crippen molar-refractivity contribution in [2.45, 2.75) is 6.10 Å². The van der Waals surface area contributed by atoms with E-state index in [2.05, 4.69) is 10.4 Å². The average Bonchev–Trinajstić information content (AvgIpc) is 3.26. The zero-order valence-corrected chi connectivity index (χ0v) is 14.8. The van der Waals surface area contributed by atoms with Crippen LogP contribution in [0, 0.1) is 0 Å². The number of benzene rings is 2. The summed E-state index contributed by atoms with van der Waals surface area (Å²) >= 11 is 0. The molecule has 4 rings (SSSR count). The van der Waals surface area contributed by atoms with Gasteiger partial charge in [0, 0.05) is 24.3 Å². The van der Waals surface area contributed by atoms with Crippen LogP contribution in [0.3, 0.4) is 0 Å². The van der Waals surface area contributed by atoms with Crippen molar-refractivity contribution in [1.82, 2.24) is 15.1 Å². The van der Waals surface area contributed by atoms with Gasteiger partial charge in [-0.15, -0.1) is 0 Å². The highest BCUT2D eigenvalue weighted by molar-refractivity contribution is 5.96. The van der Waals surface area contributed by atoms with Gasteiger partial charge in [-0.1, -0.05) is 30.3 Å². The van der Waals surface area contributed by atoms with E-state index in [-0.39, 0.29) is 12.1 Å². The molecule has 0 aliphatic heterocycles. The number of hydrogen-bond donors (Lipinski definition) is 2. The molecule has 2 heterocycles. The first kappa shape index (κ1) is 17.7. The minimum absolute atomic E-state index is 0.0355. The summed E-state index contributed by atoms with van der Waals surface area (Å²) in [7, 11) is 0. The van der Waals surface area contributed by atoms with Gasteiger partial charge in [-0.05, 0) is 35.9 Å².